The highest BCUT2D eigenvalue weighted by atomic mass is 16.6. The van der Waals surface area contributed by atoms with Crippen LogP contribution < -0.4 is 0 Å². The molecule has 0 spiro atoms. The maximum atomic E-state index is 12.9. The third kappa shape index (κ3) is 4.67. The summed E-state index contributed by atoms with van der Waals surface area (Å²) in [5.41, 5.74) is 0.569. The Kier molecular flexibility index (Phi) is 6.86. The molecule has 0 aromatic rings. The van der Waals surface area contributed by atoms with E-state index in [4.69, 9.17) is 14.2 Å². The summed E-state index contributed by atoms with van der Waals surface area (Å²) in [4.78, 5) is 36.8. The first kappa shape index (κ1) is 23.0. The number of ketones is 1. The normalized spacial score (nSPS) is 32.0. The van der Waals surface area contributed by atoms with Crippen LogP contribution in [0.15, 0.2) is 35.5 Å². The van der Waals surface area contributed by atoms with E-state index in [2.05, 4.69) is 6.58 Å². The monoisotopic (exact) mass is 406 g/mol. The Morgan fingerprint density at radius 1 is 1.31 bits per heavy atom. The average molecular weight is 406 g/mol. The molecule has 2 aliphatic rings. The van der Waals surface area contributed by atoms with Gasteiger partial charge in [-0.15, -0.1) is 0 Å². The number of rotatable bonds is 7. The van der Waals surface area contributed by atoms with Crippen molar-refractivity contribution in [3.8, 4) is 0 Å². The largest absolute Gasteiger partial charge is 0.454 e. The average Bonchev–Trinajstić information content (AvgIpc) is 3.35. The van der Waals surface area contributed by atoms with Crippen LogP contribution in [0.5, 0.6) is 0 Å². The first-order valence-electron chi connectivity index (χ1n) is 9.67. The minimum absolute atomic E-state index is 0.310. The van der Waals surface area contributed by atoms with Crippen molar-refractivity contribution < 1.29 is 33.7 Å². The van der Waals surface area contributed by atoms with Crippen molar-refractivity contribution in [2.24, 2.45) is 5.92 Å². The smallest absolute Gasteiger partial charge is 0.333 e. The van der Waals surface area contributed by atoms with E-state index >= 15 is 0 Å². The second-order valence-corrected chi connectivity index (χ2v) is 8.01. The molecule has 1 aliphatic heterocycles. The molecule has 6 unspecified atom stereocenters. The molecule has 2 rings (SSSR count). The van der Waals surface area contributed by atoms with Crippen molar-refractivity contribution in [2.75, 3.05) is 0 Å². The van der Waals surface area contributed by atoms with Crippen LogP contribution >= 0.6 is 0 Å². The number of aliphatic hydroxyl groups is 1. The number of ether oxygens (including phenoxy) is 3. The third-order valence-electron chi connectivity index (χ3n) is 5.49. The van der Waals surface area contributed by atoms with E-state index in [1.807, 2.05) is 19.9 Å². The van der Waals surface area contributed by atoms with Crippen molar-refractivity contribution in [2.45, 2.75) is 78.0 Å². The molecule has 7 nitrogen and oxygen atoms in total. The van der Waals surface area contributed by atoms with Gasteiger partial charge in [0.15, 0.2) is 11.7 Å². The molecule has 6 atom stereocenters. The lowest BCUT2D eigenvalue weighted by molar-refractivity contribution is -0.162. The maximum absolute atomic E-state index is 12.9. The molecule has 1 saturated heterocycles. The van der Waals surface area contributed by atoms with Gasteiger partial charge in [-0.2, -0.15) is 0 Å². The van der Waals surface area contributed by atoms with Crippen LogP contribution in [0.25, 0.3) is 0 Å². The minimum Gasteiger partial charge on any atom is -0.454 e. The topological polar surface area (TPSA) is 102 Å². The number of hydrogen-bond acceptors (Lipinski definition) is 7. The predicted octanol–water partition coefficient (Wildman–Crippen LogP) is 2.43. The number of esters is 2. The molecule has 0 bridgehead atoms. The number of carbonyl (C=O) groups excluding carboxylic acids is 3. The number of fused-ring (bicyclic) bond motifs is 1. The summed E-state index contributed by atoms with van der Waals surface area (Å²) >= 11 is 0. The van der Waals surface area contributed by atoms with Crippen LogP contribution in [-0.4, -0.2) is 52.8 Å². The van der Waals surface area contributed by atoms with Gasteiger partial charge in [0.2, 0.25) is 5.78 Å². The van der Waals surface area contributed by atoms with Gasteiger partial charge in [0.1, 0.15) is 12.2 Å². The summed E-state index contributed by atoms with van der Waals surface area (Å²) in [6, 6.07) is 0. The van der Waals surface area contributed by atoms with Gasteiger partial charge in [-0.1, -0.05) is 24.3 Å². The first-order chi connectivity index (χ1) is 13.4. The van der Waals surface area contributed by atoms with Gasteiger partial charge < -0.3 is 19.3 Å². The summed E-state index contributed by atoms with van der Waals surface area (Å²) < 4.78 is 16.3. The maximum Gasteiger partial charge on any atom is 0.333 e. The minimum atomic E-state index is -1.26. The van der Waals surface area contributed by atoms with Crippen LogP contribution in [0.2, 0.25) is 0 Å². The summed E-state index contributed by atoms with van der Waals surface area (Å²) in [5, 5.41) is 10.8. The molecule has 7 heteroatoms. The molecule has 160 valence electrons. The molecule has 29 heavy (non-hydrogen) atoms. The molecule has 0 aromatic heterocycles. The molecule has 1 N–H and O–H groups in total. The standard InChI is InChI=1S/C22H30O7/c1-8-12(4)21(26)28-15(10-9-11(2)3)13(5)16-17(24)20-22(7,29-20)19(25)18(16)27-14(6)23/h8-9,15-18,20,24H,5,10H2,1-4,6-7H3. The molecular formula is C22H30O7. The van der Waals surface area contributed by atoms with Gasteiger partial charge in [-0.25, -0.2) is 4.79 Å². The van der Waals surface area contributed by atoms with Gasteiger partial charge >= 0.3 is 11.9 Å². The van der Waals surface area contributed by atoms with Crippen molar-refractivity contribution in [1.82, 2.24) is 0 Å². The van der Waals surface area contributed by atoms with E-state index in [0.29, 0.717) is 17.6 Å². The molecule has 0 radical (unpaired) electrons. The quantitative estimate of drug-likeness (QED) is 0.300. The van der Waals surface area contributed by atoms with Gasteiger partial charge in [0, 0.05) is 18.9 Å². The number of allylic oxidation sites excluding steroid dienone is 2. The first-order valence-corrected chi connectivity index (χ1v) is 9.67. The number of hydrogen-bond donors (Lipinski definition) is 1. The fraction of sp³-hybridized carbons (Fsp3) is 0.591. The molecule has 1 heterocycles. The Labute approximate surface area is 171 Å². The van der Waals surface area contributed by atoms with Crippen LogP contribution in [0.1, 0.15) is 48.0 Å². The van der Waals surface area contributed by atoms with E-state index < -0.39 is 53.7 Å². The van der Waals surface area contributed by atoms with E-state index in [1.54, 1.807) is 26.8 Å². The van der Waals surface area contributed by atoms with Gasteiger partial charge in [-0.05, 0) is 40.2 Å². The highest BCUT2D eigenvalue weighted by molar-refractivity contribution is 5.97. The fourth-order valence-corrected chi connectivity index (χ4v) is 3.53. The Morgan fingerprint density at radius 3 is 2.45 bits per heavy atom. The Balaban J connectivity index is 2.37. The number of aliphatic hydroxyl groups excluding tert-OH is 1. The summed E-state index contributed by atoms with van der Waals surface area (Å²) in [5.74, 6) is -2.54. The Hall–Kier alpha value is -2.25. The van der Waals surface area contributed by atoms with Crippen molar-refractivity contribution in [3.63, 3.8) is 0 Å². The zero-order chi connectivity index (χ0) is 22.1. The van der Waals surface area contributed by atoms with Gasteiger partial charge in [0.25, 0.3) is 0 Å². The highest BCUT2D eigenvalue weighted by Gasteiger charge is 2.70. The molecule has 0 amide bonds. The van der Waals surface area contributed by atoms with Crippen molar-refractivity contribution >= 4 is 17.7 Å². The Morgan fingerprint density at radius 2 is 1.93 bits per heavy atom. The second-order valence-electron chi connectivity index (χ2n) is 8.01. The lowest BCUT2D eigenvalue weighted by atomic mass is 9.72. The van der Waals surface area contributed by atoms with Crippen LogP contribution in [-0.2, 0) is 28.6 Å². The van der Waals surface area contributed by atoms with Crippen LogP contribution in [0.3, 0.4) is 0 Å². The molecular weight excluding hydrogens is 376 g/mol. The highest BCUT2D eigenvalue weighted by Crippen LogP contribution is 2.50. The molecule has 0 aromatic carbocycles. The third-order valence-corrected chi connectivity index (χ3v) is 5.49. The molecule has 1 aliphatic carbocycles. The van der Waals surface area contributed by atoms with E-state index in [0.717, 1.165) is 5.57 Å². The van der Waals surface area contributed by atoms with Crippen molar-refractivity contribution in [1.29, 1.82) is 0 Å². The lowest BCUT2D eigenvalue weighted by Crippen LogP contribution is -2.55. The van der Waals surface area contributed by atoms with E-state index in [-0.39, 0.29) is 0 Å². The second kappa shape index (κ2) is 8.63. The van der Waals surface area contributed by atoms with Gasteiger partial charge in [0.05, 0.1) is 12.0 Å². The number of carbonyl (C=O) groups is 3. The zero-order valence-corrected chi connectivity index (χ0v) is 17.9. The van der Waals surface area contributed by atoms with E-state index in [9.17, 15) is 19.5 Å². The Bertz CT molecular complexity index is 774. The summed E-state index contributed by atoms with van der Waals surface area (Å²) in [6.07, 6.45) is -0.0605. The van der Waals surface area contributed by atoms with Crippen LogP contribution in [0.4, 0.5) is 0 Å². The molecule has 1 saturated carbocycles. The lowest BCUT2D eigenvalue weighted by Gasteiger charge is -2.37. The van der Waals surface area contributed by atoms with Crippen molar-refractivity contribution in [3.05, 3.63) is 35.5 Å². The van der Waals surface area contributed by atoms with E-state index in [1.165, 1.54) is 6.92 Å². The zero-order valence-electron chi connectivity index (χ0n) is 17.9. The summed E-state index contributed by atoms with van der Waals surface area (Å²) in [6.45, 7) is 14.0. The van der Waals surface area contributed by atoms with Crippen LogP contribution in [0, 0.1) is 5.92 Å². The summed E-state index contributed by atoms with van der Waals surface area (Å²) in [7, 11) is 0. The SMILES string of the molecule is C=C(C(CC=C(C)C)OC(=O)C(C)=CC)C1C(OC(C)=O)C(=O)C2(C)OC2C1O. The molecule has 2 fully saturated rings. The predicted molar refractivity (Wildman–Crippen MR) is 106 cm³/mol. The number of epoxide rings is 1. The number of Topliss-reactive ketones (excluding diaryl/α,β-unsaturated/α-hetero) is 1. The fourth-order valence-electron chi connectivity index (χ4n) is 3.53. The van der Waals surface area contributed by atoms with Gasteiger partial charge in [-0.3, -0.25) is 9.59 Å².